The van der Waals surface area contributed by atoms with Crippen LogP contribution in [0.25, 0.3) is 0 Å². The molecular weight excluding hydrogens is 194 g/mol. The fourth-order valence-electron chi connectivity index (χ4n) is 1.94. The first kappa shape index (κ1) is 18.1. The van der Waals surface area contributed by atoms with Crippen molar-refractivity contribution in [1.29, 1.82) is 0 Å². The van der Waals surface area contributed by atoms with Crippen LogP contribution in [0, 0.1) is 11.8 Å². The highest BCUT2D eigenvalue weighted by molar-refractivity contribution is 5.07. The van der Waals surface area contributed by atoms with Crippen molar-refractivity contribution < 1.29 is 0 Å². The molecule has 1 N–H and O–H groups in total. The predicted molar refractivity (Wildman–Crippen MR) is 76.9 cm³/mol. The van der Waals surface area contributed by atoms with E-state index in [0.29, 0.717) is 0 Å². The summed E-state index contributed by atoms with van der Waals surface area (Å²) in [6, 6.07) is 0. The fraction of sp³-hybridized carbons (Fsp3) is 0.867. The van der Waals surface area contributed by atoms with E-state index in [4.69, 9.17) is 0 Å². The molecule has 1 nitrogen and oxygen atoms in total. The van der Waals surface area contributed by atoms with Gasteiger partial charge in [-0.05, 0) is 31.7 Å². The quantitative estimate of drug-likeness (QED) is 0.693. The van der Waals surface area contributed by atoms with Crippen LogP contribution >= 0.6 is 0 Å². The van der Waals surface area contributed by atoms with E-state index >= 15 is 0 Å². The van der Waals surface area contributed by atoms with Gasteiger partial charge >= 0.3 is 0 Å². The van der Waals surface area contributed by atoms with Gasteiger partial charge in [0.2, 0.25) is 0 Å². The summed E-state index contributed by atoms with van der Waals surface area (Å²) in [6.45, 7) is 17.2. The maximum absolute atomic E-state index is 3.44. The van der Waals surface area contributed by atoms with Crippen molar-refractivity contribution >= 4 is 0 Å². The van der Waals surface area contributed by atoms with Gasteiger partial charge < -0.3 is 5.32 Å². The van der Waals surface area contributed by atoms with Gasteiger partial charge in [-0.15, -0.1) is 0 Å². The minimum atomic E-state index is 0.802. The number of unbranched alkanes of at least 4 members (excludes halogenated alkanes) is 1. The summed E-state index contributed by atoms with van der Waals surface area (Å²) in [5, 5.41) is 3.44. The second kappa shape index (κ2) is 12.8. The zero-order valence-electron chi connectivity index (χ0n) is 12.6. The van der Waals surface area contributed by atoms with Crippen molar-refractivity contribution in [1.82, 2.24) is 5.32 Å². The molecule has 1 rings (SSSR count). The molecule has 0 spiro atoms. The van der Waals surface area contributed by atoms with Crippen LogP contribution < -0.4 is 5.32 Å². The lowest BCUT2D eigenvalue weighted by molar-refractivity contribution is 0.515. The molecule has 0 bridgehead atoms. The number of hydrogen-bond donors (Lipinski definition) is 1. The van der Waals surface area contributed by atoms with Crippen LogP contribution in [0.5, 0.6) is 0 Å². The van der Waals surface area contributed by atoms with E-state index in [1.165, 1.54) is 25.9 Å². The highest BCUT2D eigenvalue weighted by Crippen LogP contribution is 2.23. The van der Waals surface area contributed by atoms with Crippen LogP contribution in [-0.2, 0) is 0 Å². The average Bonchev–Trinajstić information content (AvgIpc) is 2.77. The van der Waals surface area contributed by atoms with Gasteiger partial charge in [-0.3, -0.25) is 0 Å². The molecule has 16 heavy (non-hydrogen) atoms. The maximum atomic E-state index is 3.44. The molecule has 0 amide bonds. The number of hydrogen-bond acceptors (Lipinski definition) is 1. The highest BCUT2D eigenvalue weighted by atomic mass is 14.9. The van der Waals surface area contributed by atoms with Crippen LogP contribution in [0.1, 0.15) is 61.3 Å². The Morgan fingerprint density at radius 3 is 2.12 bits per heavy atom. The SMILES string of the molecule is CC.CC.CCC/C=C(/C)C1CNCC1C. The maximum Gasteiger partial charge on any atom is 0.00199 e. The summed E-state index contributed by atoms with van der Waals surface area (Å²) in [6.07, 6.45) is 4.93. The molecule has 0 aromatic rings. The Bertz CT molecular complexity index is 161. The van der Waals surface area contributed by atoms with Crippen LogP contribution in [0.3, 0.4) is 0 Å². The molecule has 0 aromatic heterocycles. The normalized spacial score (nSPS) is 24.1. The Morgan fingerprint density at radius 1 is 1.19 bits per heavy atom. The first-order valence-corrected chi connectivity index (χ1v) is 7.13. The minimum absolute atomic E-state index is 0.802. The van der Waals surface area contributed by atoms with E-state index in [1.54, 1.807) is 5.57 Å². The molecule has 0 aromatic carbocycles. The van der Waals surface area contributed by atoms with Crippen molar-refractivity contribution in [2.24, 2.45) is 11.8 Å². The lowest BCUT2D eigenvalue weighted by Crippen LogP contribution is -2.10. The molecular formula is C15H33N. The molecule has 0 radical (unpaired) electrons. The third-order valence-electron chi connectivity index (χ3n) is 2.86. The fourth-order valence-corrected chi connectivity index (χ4v) is 1.94. The Balaban J connectivity index is 0. The van der Waals surface area contributed by atoms with E-state index in [2.05, 4.69) is 32.2 Å². The second-order valence-corrected chi connectivity index (χ2v) is 3.98. The molecule has 1 aliphatic heterocycles. The van der Waals surface area contributed by atoms with Crippen molar-refractivity contribution in [3.8, 4) is 0 Å². The second-order valence-electron chi connectivity index (χ2n) is 3.98. The van der Waals surface area contributed by atoms with Crippen molar-refractivity contribution in [3.05, 3.63) is 11.6 Å². The lowest BCUT2D eigenvalue weighted by atomic mass is 9.90. The van der Waals surface area contributed by atoms with Crippen molar-refractivity contribution in [2.75, 3.05) is 13.1 Å². The van der Waals surface area contributed by atoms with E-state index in [-0.39, 0.29) is 0 Å². The molecule has 0 aliphatic carbocycles. The van der Waals surface area contributed by atoms with Crippen molar-refractivity contribution in [2.45, 2.75) is 61.3 Å². The van der Waals surface area contributed by atoms with Gasteiger partial charge in [-0.1, -0.05) is 59.6 Å². The number of rotatable bonds is 3. The monoisotopic (exact) mass is 227 g/mol. The van der Waals surface area contributed by atoms with Gasteiger partial charge in [0.1, 0.15) is 0 Å². The van der Waals surface area contributed by atoms with Crippen LogP contribution in [0.4, 0.5) is 0 Å². The topological polar surface area (TPSA) is 12.0 Å². The van der Waals surface area contributed by atoms with E-state index in [9.17, 15) is 0 Å². The molecule has 2 atom stereocenters. The van der Waals surface area contributed by atoms with Gasteiger partial charge in [-0.25, -0.2) is 0 Å². The predicted octanol–water partition coefficient (Wildman–Crippen LogP) is 4.64. The number of allylic oxidation sites excluding steroid dienone is 1. The Morgan fingerprint density at radius 2 is 1.75 bits per heavy atom. The smallest absolute Gasteiger partial charge is 0.00199 e. The minimum Gasteiger partial charge on any atom is -0.316 e. The van der Waals surface area contributed by atoms with Gasteiger partial charge in [0.25, 0.3) is 0 Å². The van der Waals surface area contributed by atoms with Gasteiger partial charge in [0.15, 0.2) is 0 Å². The summed E-state index contributed by atoms with van der Waals surface area (Å²) in [4.78, 5) is 0. The summed E-state index contributed by atoms with van der Waals surface area (Å²) >= 11 is 0. The van der Waals surface area contributed by atoms with E-state index in [1.807, 2.05) is 27.7 Å². The standard InChI is InChI=1S/C11H21N.2C2H6/c1-4-5-6-9(2)11-8-12-7-10(11)3;2*1-2/h6,10-12H,4-5,7-8H2,1-3H3;2*1-2H3/b9-6-;;. The molecule has 98 valence electrons. The number of nitrogens with one attached hydrogen (secondary N) is 1. The molecule has 1 heterocycles. The molecule has 1 heteroatoms. The lowest BCUT2D eigenvalue weighted by Gasteiger charge is -2.14. The summed E-state index contributed by atoms with van der Waals surface area (Å²) in [5.41, 5.74) is 1.59. The first-order chi connectivity index (χ1) is 7.75. The highest BCUT2D eigenvalue weighted by Gasteiger charge is 2.23. The van der Waals surface area contributed by atoms with E-state index < -0.39 is 0 Å². The summed E-state index contributed by atoms with van der Waals surface area (Å²) in [5.74, 6) is 1.63. The van der Waals surface area contributed by atoms with Crippen LogP contribution in [0.2, 0.25) is 0 Å². The van der Waals surface area contributed by atoms with Crippen LogP contribution in [-0.4, -0.2) is 13.1 Å². The largest absolute Gasteiger partial charge is 0.316 e. The molecule has 1 aliphatic rings. The van der Waals surface area contributed by atoms with Gasteiger partial charge in [0, 0.05) is 6.54 Å². The van der Waals surface area contributed by atoms with E-state index in [0.717, 1.165) is 11.8 Å². The zero-order valence-corrected chi connectivity index (χ0v) is 12.6. The molecule has 1 saturated heterocycles. The third-order valence-corrected chi connectivity index (χ3v) is 2.86. The van der Waals surface area contributed by atoms with Crippen LogP contribution in [0.15, 0.2) is 11.6 Å². The van der Waals surface area contributed by atoms with Gasteiger partial charge in [0.05, 0.1) is 0 Å². The third kappa shape index (κ3) is 7.05. The Labute approximate surface area is 104 Å². The summed E-state index contributed by atoms with van der Waals surface area (Å²) < 4.78 is 0. The first-order valence-electron chi connectivity index (χ1n) is 7.13. The molecule has 0 saturated carbocycles. The average molecular weight is 227 g/mol. The van der Waals surface area contributed by atoms with Gasteiger partial charge in [-0.2, -0.15) is 0 Å². The van der Waals surface area contributed by atoms with Crippen molar-refractivity contribution in [3.63, 3.8) is 0 Å². The zero-order chi connectivity index (χ0) is 13.0. The Hall–Kier alpha value is -0.300. The molecule has 1 fully saturated rings. The Kier molecular flexibility index (Phi) is 14.4. The summed E-state index contributed by atoms with van der Waals surface area (Å²) in [7, 11) is 0. The molecule has 2 unspecified atom stereocenters.